The molecule has 4 nitrogen and oxygen atoms in total. The smallest absolute Gasteiger partial charge is 0.199 e. The molecule has 2 aromatic heterocycles. The number of aryl methyl sites for hydroxylation is 1. The lowest BCUT2D eigenvalue weighted by atomic mass is 10.2. The predicted octanol–water partition coefficient (Wildman–Crippen LogP) is 6.36. The lowest BCUT2D eigenvalue weighted by Crippen LogP contribution is -2.00. The summed E-state index contributed by atoms with van der Waals surface area (Å²) >= 11 is 9.83. The Kier molecular flexibility index (Phi) is 4.14. The molecule has 0 spiro atoms. The fourth-order valence-corrected chi connectivity index (χ4v) is 3.73. The van der Waals surface area contributed by atoms with Crippen molar-refractivity contribution >= 4 is 49.9 Å². The van der Waals surface area contributed by atoms with E-state index in [1.807, 2.05) is 65.2 Å². The van der Waals surface area contributed by atoms with E-state index < -0.39 is 0 Å². The Labute approximate surface area is 175 Å². The number of imidazole rings is 1. The van der Waals surface area contributed by atoms with Crippen molar-refractivity contribution in [1.29, 1.82) is 0 Å². The van der Waals surface area contributed by atoms with Gasteiger partial charge >= 0.3 is 0 Å². The molecular formula is C22H14BrClN4. The molecule has 0 aliphatic heterocycles. The van der Waals surface area contributed by atoms with Crippen molar-refractivity contribution in [3.05, 3.63) is 81.8 Å². The van der Waals surface area contributed by atoms with Crippen LogP contribution in [0, 0.1) is 6.92 Å². The van der Waals surface area contributed by atoms with Crippen LogP contribution in [0.1, 0.15) is 5.56 Å². The molecule has 6 heteroatoms. The Balaban J connectivity index is 1.89. The van der Waals surface area contributed by atoms with Crippen molar-refractivity contribution in [2.75, 3.05) is 0 Å². The molecule has 0 bridgehead atoms. The second-order valence-corrected chi connectivity index (χ2v) is 7.86. The van der Waals surface area contributed by atoms with Crippen LogP contribution in [0.2, 0.25) is 5.02 Å². The molecule has 0 amide bonds. The molecular weight excluding hydrogens is 436 g/mol. The molecule has 0 N–H and O–H groups in total. The van der Waals surface area contributed by atoms with Crippen LogP contribution >= 0.6 is 27.5 Å². The Hall–Kier alpha value is -2.76. The monoisotopic (exact) mass is 448 g/mol. The van der Waals surface area contributed by atoms with Gasteiger partial charge in [-0.25, -0.2) is 15.0 Å². The Morgan fingerprint density at radius 2 is 1.64 bits per heavy atom. The Morgan fingerprint density at radius 1 is 0.857 bits per heavy atom. The highest BCUT2D eigenvalue weighted by Crippen LogP contribution is 2.31. The topological polar surface area (TPSA) is 43.6 Å². The molecule has 5 aromatic rings. The fourth-order valence-electron chi connectivity index (χ4n) is 3.29. The summed E-state index contributed by atoms with van der Waals surface area (Å²) in [5, 5.41) is 0.661. The molecule has 0 aliphatic rings. The maximum Gasteiger partial charge on any atom is 0.199 e. The van der Waals surface area contributed by atoms with Gasteiger partial charge in [-0.3, -0.25) is 4.57 Å². The van der Waals surface area contributed by atoms with E-state index in [4.69, 9.17) is 26.6 Å². The second kappa shape index (κ2) is 6.69. The minimum absolute atomic E-state index is 0.606. The van der Waals surface area contributed by atoms with Gasteiger partial charge < -0.3 is 0 Å². The predicted molar refractivity (Wildman–Crippen MR) is 117 cm³/mol. The van der Waals surface area contributed by atoms with Crippen LogP contribution < -0.4 is 0 Å². The maximum absolute atomic E-state index is 6.25. The van der Waals surface area contributed by atoms with Crippen molar-refractivity contribution in [2.24, 2.45) is 0 Å². The number of hydrogen-bond donors (Lipinski definition) is 0. The van der Waals surface area contributed by atoms with E-state index in [0.29, 0.717) is 10.7 Å². The van der Waals surface area contributed by atoms with Gasteiger partial charge in [0.05, 0.1) is 11.0 Å². The Bertz CT molecular complexity index is 1360. The van der Waals surface area contributed by atoms with E-state index in [-0.39, 0.29) is 0 Å². The van der Waals surface area contributed by atoms with Crippen molar-refractivity contribution < 1.29 is 0 Å². The normalized spacial score (nSPS) is 11.4. The first kappa shape index (κ1) is 17.3. The highest BCUT2D eigenvalue weighted by Gasteiger charge is 2.18. The number of benzene rings is 3. The van der Waals surface area contributed by atoms with Gasteiger partial charge in [-0.15, -0.1) is 0 Å². The van der Waals surface area contributed by atoms with Crippen molar-refractivity contribution in [1.82, 2.24) is 19.5 Å². The number of halogens is 2. The van der Waals surface area contributed by atoms with Crippen LogP contribution in [0.3, 0.4) is 0 Å². The van der Waals surface area contributed by atoms with Gasteiger partial charge in [-0.05, 0) is 55.0 Å². The summed E-state index contributed by atoms with van der Waals surface area (Å²) < 4.78 is 3.10. The van der Waals surface area contributed by atoms with Gasteiger partial charge in [-0.2, -0.15) is 0 Å². The second-order valence-electron chi connectivity index (χ2n) is 6.57. The van der Waals surface area contributed by atoms with Crippen molar-refractivity contribution in [3.8, 4) is 17.1 Å². The molecule has 28 heavy (non-hydrogen) atoms. The van der Waals surface area contributed by atoms with Gasteiger partial charge in [0.2, 0.25) is 0 Å². The van der Waals surface area contributed by atoms with Crippen molar-refractivity contribution in [2.45, 2.75) is 6.92 Å². The van der Waals surface area contributed by atoms with Gasteiger partial charge in [0, 0.05) is 20.7 Å². The third kappa shape index (κ3) is 2.87. The lowest BCUT2D eigenvalue weighted by Gasteiger charge is -2.11. The summed E-state index contributed by atoms with van der Waals surface area (Å²) in [5.41, 5.74) is 6.00. The molecule has 0 radical (unpaired) electrons. The number of fused-ring (bicyclic) bond motifs is 2. The van der Waals surface area contributed by atoms with E-state index in [2.05, 4.69) is 28.9 Å². The standard InChI is InChI=1S/C22H14BrClN4/c1-13-11-16(9-10-17(13)23)28-21(14-5-4-6-15(24)12-14)27-20-22(28)26-19-8-3-2-7-18(19)25-20/h2-12H,1H3. The van der Waals surface area contributed by atoms with Crippen LogP contribution in [0.4, 0.5) is 0 Å². The first-order chi connectivity index (χ1) is 13.6. The zero-order valence-corrected chi connectivity index (χ0v) is 17.2. The highest BCUT2D eigenvalue weighted by molar-refractivity contribution is 9.10. The van der Waals surface area contributed by atoms with E-state index in [9.17, 15) is 0 Å². The quantitative estimate of drug-likeness (QED) is 0.315. The van der Waals surface area contributed by atoms with Gasteiger partial charge in [0.1, 0.15) is 5.82 Å². The minimum atomic E-state index is 0.606. The molecule has 0 fully saturated rings. The first-order valence-corrected chi connectivity index (χ1v) is 9.95. The van der Waals surface area contributed by atoms with Crippen LogP contribution in [-0.2, 0) is 0 Å². The summed E-state index contributed by atoms with van der Waals surface area (Å²) in [6.07, 6.45) is 0. The summed E-state index contributed by atoms with van der Waals surface area (Å²) in [6.45, 7) is 2.06. The summed E-state index contributed by atoms with van der Waals surface area (Å²) in [7, 11) is 0. The van der Waals surface area contributed by atoms with E-state index >= 15 is 0 Å². The summed E-state index contributed by atoms with van der Waals surface area (Å²) in [6, 6.07) is 21.7. The largest absolute Gasteiger partial charge is 0.275 e. The molecule has 0 unspecified atom stereocenters. The number of rotatable bonds is 2. The molecule has 136 valence electrons. The molecule has 0 aliphatic carbocycles. The first-order valence-electron chi connectivity index (χ1n) is 8.78. The summed E-state index contributed by atoms with van der Waals surface area (Å²) in [4.78, 5) is 14.4. The molecule has 0 atom stereocenters. The SMILES string of the molecule is Cc1cc(-n2c(-c3cccc(Cl)c3)nc3nc4ccccc4nc32)ccc1Br. The van der Waals surface area contributed by atoms with E-state index in [0.717, 1.165) is 43.8 Å². The van der Waals surface area contributed by atoms with Gasteiger partial charge in [0.15, 0.2) is 11.3 Å². The fraction of sp³-hybridized carbons (Fsp3) is 0.0455. The Morgan fingerprint density at radius 3 is 2.39 bits per heavy atom. The lowest BCUT2D eigenvalue weighted by molar-refractivity contribution is 1.08. The molecule has 0 saturated heterocycles. The van der Waals surface area contributed by atoms with E-state index in [1.54, 1.807) is 0 Å². The van der Waals surface area contributed by atoms with Gasteiger partial charge in [-0.1, -0.05) is 51.8 Å². The van der Waals surface area contributed by atoms with Crippen molar-refractivity contribution in [3.63, 3.8) is 0 Å². The highest BCUT2D eigenvalue weighted by atomic mass is 79.9. The number of hydrogen-bond acceptors (Lipinski definition) is 3. The van der Waals surface area contributed by atoms with Crippen LogP contribution in [-0.4, -0.2) is 19.5 Å². The third-order valence-electron chi connectivity index (χ3n) is 4.65. The van der Waals surface area contributed by atoms with Crippen LogP contribution in [0.15, 0.2) is 71.2 Å². The average molecular weight is 450 g/mol. The van der Waals surface area contributed by atoms with E-state index in [1.165, 1.54) is 0 Å². The molecule has 2 heterocycles. The maximum atomic E-state index is 6.25. The van der Waals surface area contributed by atoms with Crippen LogP contribution in [0.5, 0.6) is 0 Å². The van der Waals surface area contributed by atoms with Gasteiger partial charge in [0.25, 0.3) is 0 Å². The molecule has 5 rings (SSSR count). The zero-order chi connectivity index (χ0) is 19.3. The zero-order valence-electron chi connectivity index (χ0n) is 14.9. The third-order valence-corrected chi connectivity index (χ3v) is 5.78. The van der Waals surface area contributed by atoms with Crippen LogP contribution in [0.25, 0.3) is 39.4 Å². The number of aromatic nitrogens is 4. The molecule has 0 saturated carbocycles. The minimum Gasteiger partial charge on any atom is -0.275 e. The summed E-state index contributed by atoms with van der Waals surface area (Å²) in [5.74, 6) is 0.759. The number of para-hydroxylation sites is 2. The average Bonchev–Trinajstić information content (AvgIpc) is 3.06. The molecule has 3 aromatic carbocycles. The number of nitrogens with zero attached hydrogens (tertiary/aromatic N) is 4.